The fourth-order valence-corrected chi connectivity index (χ4v) is 5.21. The van der Waals surface area contributed by atoms with Crippen LogP contribution in [0.3, 0.4) is 0 Å². The molecule has 1 aliphatic rings. The molecule has 0 aliphatic heterocycles. The maximum atomic E-state index is 13.0. The maximum absolute atomic E-state index is 13.0. The fourth-order valence-electron chi connectivity index (χ4n) is 2.97. The number of allylic oxidation sites excluding steroid dienone is 1. The minimum Gasteiger partial charge on any atom is -0.355 e. The summed E-state index contributed by atoms with van der Waals surface area (Å²) in [7, 11) is 0. The number of amides is 1. The molecule has 0 saturated heterocycles. The van der Waals surface area contributed by atoms with Crippen LogP contribution < -0.4 is 10.9 Å². The van der Waals surface area contributed by atoms with Crippen LogP contribution in [-0.2, 0) is 24.2 Å². The summed E-state index contributed by atoms with van der Waals surface area (Å²) in [6.07, 6.45) is 4.81. The zero-order valence-corrected chi connectivity index (χ0v) is 15.6. The van der Waals surface area contributed by atoms with E-state index in [1.807, 2.05) is 13.8 Å². The number of thiophene rings is 1. The number of carbonyl (C=O) groups excluding carboxylic acids is 1. The van der Waals surface area contributed by atoms with Crippen LogP contribution >= 0.6 is 23.1 Å². The minimum absolute atomic E-state index is 0.00935. The molecule has 0 fully saturated rings. The van der Waals surface area contributed by atoms with Gasteiger partial charge in [-0.3, -0.25) is 14.2 Å². The van der Waals surface area contributed by atoms with Crippen molar-refractivity contribution in [3.63, 3.8) is 0 Å². The highest BCUT2D eigenvalue weighted by Crippen LogP contribution is 2.36. The molecule has 1 N–H and O–H groups in total. The third-order valence-electron chi connectivity index (χ3n) is 4.10. The highest BCUT2D eigenvalue weighted by molar-refractivity contribution is 8.00. The molecule has 1 aliphatic carbocycles. The van der Waals surface area contributed by atoms with Gasteiger partial charge in [0.15, 0.2) is 5.16 Å². The van der Waals surface area contributed by atoms with Gasteiger partial charge in [0.2, 0.25) is 5.91 Å². The molecule has 128 valence electrons. The molecule has 5 nitrogen and oxygen atoms in total. The maximum Gasteiger partial charge on any atom is 0.263 e. The Morgan fingerprint density at radius 1 is 1.54 bits per heavy atom. The molecule has 0 bridgehead atoms. The van der Waals surface area contributed by atoms with Crippen LogP contribution in [0.2, 0.25) is 0 Å². The third kappa shape index (κ3) is 3.02. The number of rotatable bonds is 6. The molecule has 0 radical (unpaired) electrons. The number of aromatic nitrogens is 2. The lowest BCUT2D eigenvalue weighted by Crippen LogP contribution is -2.31. The predicted octanol–water partition coefficient (Wildman–Crippen LogP) is 2.75. The molecule has 3 rings (SSSR count). The average molecular weight is 364 g/mol. The van der Waals surface area contributed by atoms with E-state index in [9.17, 15) is 9.59 Å². The Hall–Kier alpha value is -1.60. The lowest BCUT2D eigenvalue weighted by atomic mass is 10.2. The SMILES string of the molecule is C=CCn1c(S[C@H](C)C(=O)NCC)nc2sc3c(c2c1=O)CCC3. The Morgan fingerprint density at radius 2 is 2.33 bits per heavy atom. The smallest absolute Gasteiger partial charge is 0.263 e. The van der Waals surface area contributed by atoms with E-state index >= 15 is 0 Å². The molecule has 0 saturated carbocycles. The normalized spacial score (nSPS) is 14.6. The summed E-state index contributed by atoms with van der Waals surface area (Å²) in [4.78, 5) is 31.8. The third-order valence-corrected chi connectivity index (χ3v) is 6.38. The van der Waals surface area contributed by atoms with Gasteiger partial charge in [-0.2, -0.15) is 0 Å². The second-order valence-corrected chi connectivity index (χ2v) is 8.18. The number of thioether (sulfide) groups is 1. The van der Waals surface area contributed by atoms with E-state index in [4.69, 9.17) is 4.98 Å². The van der Waals surface area contributed by atoms with Crippen molar-refractivity contribution in [1.29, 1.82) is 0 Å². The van der Waals surface area contributed by atoms with Crippen molar-refractivity contribution >= 4 is 39.2 Å². The van der Waals surface area contributed by atoms with E-state index in [-0.39, 0.29) is 16.7 Å². The summed E-state index contributed by atoms with van der Waals surface area (Å²) >= 11 is 2.95. The van der Waals surface area contributed by atoms with Gasteiger partial charge < -0.3 is 5.32 Å². The van der Waals surface area contributed by atoms with Gasteiger partial charge in [0.05, 0.1) is 10.6 Å². The first kappa shape index (κ1) is 17.2. The molecular formula is C17H21N3O2S2. The molecule has 2 aromatic rings. The van der Waals surface area contributed by atoms with Gasteiger partial charge in [-0.25, -0.2) is 4.98 Å². The number of nitrogens with one attached hydrogen (secondary N) is 1. The largest absolute Gasteiger partial charge is 0.355 e. The van der Waals surface area contributed by atoms with E-state index < -0.39 is 0 Å². The Bertz CT molecular complexity index is 854. The highest BCUT2D eigenvalue weighted by atomic mass is 32.2. The van der Waals surface area contributed by atoms with Gasteiger partial charge in [0.1, 0.15) is 4.83 Å². The summed E-state index contributed by atoms with van der Waals surface area (Å²) in [6, 6.07) is 0. The van der Waals surface area contributed by atoms with E-state index in [0.29, 0.717) is 18.2 Å². The lowest BCUT2D eigenvalue weighted by Gasteiger charge is -2.14. The van der Waals surface area contributed by atoms with E-state index in [0.717, 1.165) is 29.5 Å². The first-order valence-electron chi connectivity index (χ1n) is 8.17. The number of carbonyl (C=O) groups is 1. The van der Waals surface area contributed by atoms with Crippen molar-refractivity contribution in [3.8, 4) is 0 Å². The zero-order chi connectivity index (χ0) is 17.3. The molecule has 0 spiro atoms. The number of hydrogen-bond acceptors (Lipinski definition) is 5. The summed E-state index contributed by atoms with van der Waals surface area (Å²) in [5.74, 6) is -0.0457. The quantitative estimate of drug-likeness (QED) is 0.487. The average Bonchev–Trinajstić information content (AvgIpc) is 3.11. The zero-order valence-electron chi connectivity index (χ0n) is 13.9. The Kier molecular flexibility index (Phi) is 5.10. The lowest BCUT2D eigenvalue weighted by molar-refractivity contribution is -0.120. The molecule has 2 heterocycles. The van der Waals surface area contributed by atoms with Gasteiger partial charge in [-0.1, -0.05) is 17.8 Å². The van der Waals surface area contributed by atoms with Gasteiger partial charge in [-0.05, 0) is 38.7 Å². The van der Waals surface area contributed by atoms with Crippen LogP contribution in [0.5, 0.6) is 0 Å². The van der Waals surface area contributed by atoms with Gasteiger partial charge >= 0.3 is 0 Å². The van der Waals surface area contributed by atoms with Crippen molar-refractivity contribution in [3.05, 3.63) is 33.4 Å². The summed E-state index contributed by atoms with van der Waals surface area (Å²) in [5.41, 5.74) is 1.17. The Balaban J connectivity index is 2.07. The van der Waals surface area contributed by atoms with Crippen LogP contribution in [0.15, 0.2) is 22.6 Å². The van der Waals surface area contributed by atoms with Gasteiger partial charge in [0, 0.05) is 18.0 Å². The molecule has 1 atom stereocenters. The molecular weight excluding hydrogens is 342 g/mol. The van der Waals surface area contributed by atoms with E-state index in [1.165, 1.54) is 22.2 Å². The molecule has 7 heteroatoms. The van der Waals surface area contributed by atoms with E-state index in [1.54, 1.807) is 22.0 Å². The topological polar surface area (TPSA) is 64.0 Å². The fraction of sp³-hybridized carbons (Fsp3) is 0.471. The summed E-state index contributed by atoms with van der Waals surface area (Å²) in [6.45, 7) is 8.46. The van der Waals surface area contributed by atoms with Crippen LogP contribution in [0, 0.1) is 0 Å². The van der Waals surface area contributed by atoms with Crippen molar-refractivity contribution < 1.29 is 4.79 Å². The summed E-state index contributed by atoms with van der Waals surface area (Å²) in [5, 5.41) is 3.86. The van der Waals surface area contributed by atoms with Crippen LogP contribution in [0.1, 0.15) is 30.7 Å². The van der Waals surface area contributed by atoms with Crippen LogP contribution in [0.25, 0.3) is 10.2 Å². The Morgan fingerprint density at radius 3 is 3.04 bits per heavy atom. The first-order valence-corrected chi connectivity index (χ1v) is 9.86. The molecule has 2 aromatic heterocycles. The molecule has 1 amide bonds. The Labute approximate surface area is 149 Å². The van der Waals surface area contributed by atoms with E-state index in [2.05, 4.69) is 11.9 Å². The molecule has 0 unspecified atom stereocenters. The van der Waals surface area contributed by atoms with Crippen molar-refractivity contribution in [2.24, 2.45) is 0 Å². The number of nitrogens with zero attached hydrogens (tertiary/aromatic N) is 2. The molecule has 0 aromatic carbocycles. The second-order valence-electron chi connectivity index (χ2n) is 5.79. The standard InChI is InChI=1S/C17H21N3O2S2/c1-4-9-20-16(22)13-11-7-6-8-12(11)24-15(13)19-17(20)23-10(3)14(21)18-5-2/h4,10H,1,5-9H2,2-3H3,(H,18,21)/t10-/m1/s1. The number of fused-ring (bicyclic) bond motifs is 3. The van der Waals surface area contributed by atoms with Crippen molar-refractivity contribution in [1.82, 2.24) is 14.9 Å². The van der Waals surface area contributed by atoms with Crippen molar-refractivity contribution in [2.45, 2.75) is 50.1 Å². The monoisotopic (exact) mass is 363 g/mol. The highest BCUT2D eigenvalue weighted by Gasteiger charge is 2.24. The van der Waals surface area contributed by atoms with Crippen LogP contribution in [0.4, 0.5) is 0 Å². The first-order chi connectivity index (χ1) is 11.6. The minimum atomic E-state index is -0.308. The van der Waals surface area contributed by atoms with Crippen molar-refractivity contribution in [2.75, 3.05) is 6.54 Å². The van der Waals surface area contributed by atoms with Gasteiger partial charge in [0.25, 0.3) is 5.56 Å². The number of hydrogen-bond donors (Lipinski definition) is 1. The van der Waals surface area contributed by atoms with Gasteiger partial charge in [-0.15, -0.1) is 17.9 Å². The molecule has 24 heavy (non-hydrogen) atoms. The second kappa shape index (κ2) is 7.11. The predicted molar refractivity (Wildman–Crippen MR) is 100 cm³/mol. The van der Waals surface area contributed by atoms with Crippen LogP contribution in [-0.4, -0.2) is 27.3 Å². The number of aryl methyl sites for hydroxylation is 2. The summed E-state index contributed by atoms with van der Waals surface area (Å²) < 4.78 is 1.64.